The van der Waals surface area contributed by atoms with Crippen LogP contribution in [0, 0.1) is 0 Å². The second kappa shape index (κ2) is 4.75. The molecule has 2 saturated heterocycles. The first-order chi connectivity index (χ1) is 8.38. The first-order valence-electron chi connectivity index (χ1n) is 6.66. The first kappa shape index (κ1) is 11.2. The Hall–Kier alpha value is -0.930. The number of hydrogen-bond acceptors (Lipinski definition) is 3. The number of pyridine rings is 1. The summed E-state index contributed by atoms with van der Waals surface area (Å²) in [5, 5.41) is 3.42. The van der Waals surface area contributed by atoms with Gasteiger partial charge in [0.05, 0.1) is 11.7 Å². The molecule has 3 nitrogen and oxygen atoms in total. The fourth-order valence-electron chi connectivity index (χ4n) is 3.08. The number of aromatic nitrogens is 1. The van der Waals surface area contributed by atoms with Gasteiger partial charge in [0, 0.05) is 12.4 Å². The lowest BCUT2D eigenvalue weighted by Gasteiger charge is -2.44. The Bertz CT molecular complexity index is 354. The minimum absolute atomic E-state index is 0.143. The van der Waals surface area contributed by atoms with Crippen molar-refractivity contribution in [2.45, 2.75) is 43.8 Å². The molecular formula is C14H20N2O. The maximum absolute atomic E-state index is 6.42. The van der Waals surface area contributed by atoms with Crippen LogP contribution in [0.5, 0.6) is 0 Å². The average molecular weight is 232 g/mol. The highest BCUT2D eigenvalue weighted by Crippen LogP contribution is 2.41. The summed E-state index contributed by atoms with van der Waals surface area (Å²) in [6.07, 6.45) is 9.99. The van der Waals surface area contributed by atoms with Gasteiger partial charge >= 0.3 is 0 Å². The van der Waals surface area contributed by atoms with Gasteiger partial charge < -0.3 is 10.1 Å². The predicted octanol–water partition coefficient (Wildman–Crippen LogP) is 2.45. The molecule has 2 aliphatic heterocycles. The van der Waals surface area contributed by atoms with Gasteiger partial charge in [0.25, 0.3) is 0 Å². The highest BCUT2D eigenvalue weighted by molar-refractivity contribution is 5.13. The molecule has 2 aliphatic rings. The van der Waals surface area contributed by atoms with Crippen molar-refractivity contribution in [2.24, 2.45) is 0 Å². The van der Waals surface area contributed by atoms with Crippen molar-refractivity contribution in [2.75, 3.05) is 13.1 Å². The fraction of sp³-hybridized carbons (Fsp3) is 0.643. The Balaban J connectivity index is 1.75. The Kier molecular flexibility index (Phi) is 3.12. The van der Waals surface area contributed by atoms with E-state index in [9.17, 15) is 0 Å². The molecular weight excluding hydrogens is 212 g/mol. The van der Waals surface area contributed by atoms with Crippen molar-refractivity contribution in [3.05, 3.63) is 30.1 Å². The molecule has 0 bridgehead atoms. The van der Waals surface area contributed by atoms with E-state index in [1.54, 1.807) is 0 Å². The molecule has 0 saturated carbocycles. The third-order valence-corrected chi connectivity index (χ3v) is 4.06. The van der Waals surface area contributed by atoms with Crippen LogP contribution in [0.2, 0.25) is 0 Å². The third-order valence-electron chi connectivity index (χ3n) is 4.06. The van der Waals surface area contributed by atoms with Crippen LogP contribution in [-0.4, -0.2) is 23.7 Å². The lowest BCUT2D eigenvalue weighted by molar-refractivity contribution is -0.144. The van der Waals surface area contributed by atoms with E-state index in [0.29, 0.717) is 0 Å². The second-order valence-electron chi connectivity index (χ2n) is 5.22. The van der Waals surface area contributed by atoms with Gasteiger partial charge in [-0.25, -0.2) is 0 Å². The molecule has 3 heterocycles. The molecule has 0 radical (unpaired) electrons. The number of nitrogens with one attached hydrogen (secondary N) is 1. The zero-order valence-corrected chi connectivity index (χ0v) is 10.2. The summed E-state index contributed by atoms with van der Waals surface area (Å²) in [5.74, 6) is 0. The average Bonchev–Trinajstić information content (AvgIpc) is 2.41. The van der Waals surface area contributed by atoms with E-state index >= 15 is 0 Å². The number of piperidine rings is 1. The summed E-state index contributed by atoms with van der Waals surface area (Å²) in [7, 11) is 0. The van der Waals surface area contributed by atoms with Gasteiger partial charge in [0.2, 0.25) is 0 Å². The predicted molar refractivity (Wildman–Crippen MR) is 66.7 cm³/mol. The third kappa shape index (κ3) is 2.35. The molecule has 17 heavy (non-hydrogen) atoms. The van der Waals surface area contributed by atoms with Gasteiger partial charge in [0.15, 0.2) is 0 Å². The van der Waals surface area contributed by atoms with E-state index in [1.807, 2.05) is 18.5 Å². The normalized spacial score (nSPS) is 28.1. The van der Waals surface area contributed by atoms with Crippen LogP contribution in [0.4, 0.5) is 0 Å². The van der Waals surface area contributed by atoms with E-state index in [2.05, 4.69) is 16.4 Å². The Morgan fingerprint density at radius 2 is 2.18 bits per heavy atom. The monoisotopic (exact) mass is 232 g/mol. The lowest BCUT2D eigenvalue weighted by atomic mass is 9.83. The van der Waals surface area contributed by atoms with Gasteiger partial charge in [-0.05, 0) is 56.8 Å². The first-order valence-corrected chi connectivity index (χ1v) is 6.66. The summed E-state index contributed by atoms with van der Waals surface area (Å²) in [6.45, 7) is 2.19. The van der Waals surface area contributed by atoms with E-state index in [4.69, 9.17) is 4.74 Å². The van der Waals surface area contributed by atoms with Crippen LogP contribution >= 0.6 is 0 Å². The number of rotatable bonds is 1. The van der Waals surface area contributed by atoms with Crippen molar-refractivity contribution in [3.63, 3.8) is 0 Å². The summed E-state index contributed by atoms with van der Waals surface area (Å²) in [4.78, 5) is 4.20. The van der Waals surface area contributed by atoms with E-state index < -0.39 is 0 Å². The quantitative estimate of drug-likeness (QED) is 0.807. The molecule has 1 spiro atoms. The van der Waals surface area contributed by atoms with Crippen LogP contribution in [0.15, 0.2) is 24.5 Å². The molecule has 1 aromatic rings. The number of nitrogens with zero attached hydrogens (tertiary/aromatic N) is 1. The van der Waals surface area contributed by atoms with Crippen LogP contribution in [0.25, 0.3) is 0 Å². The van der Waals surface area contributed by atoms with E-state index in [1.165, 1.54) is 18.4 Å². The zero-order valence-electron chi connectivity index (χ0n) is 10.2. The summed E-state index contributed by atoms with van der Waals surface area (Å²) in [6, 6.07) is 4.14. The molecule has 0 aliphatic carbocycles. The maximum atomic E-state index is 6.42. The Labute approximate surface area is 103 Å². The van der Waals surface area contributed by atoms with Gasteiger partial charge in [-0.15, -0.1) is 0 Å². The molecule has 3 rings (SSSR count). The zero-order chi connectivity index (χ0) is 11.6. The summed E-state index contributed by atoms with van der Waals surface area (Å²) >= 11 is 0. The highest BCUT2D eigenvalue weighted by Gasteiger charge is 2.38. The topological polar surface area (TPSA) is 34.2 Å². The Morgan fingerprint density at radius 3 is 2.94 bits per heavy atom. The van der Waals surface area contributed by atoms with Crippen molar-refractivity contribution in [3.8, 4) is 0 Å². The van der Waals surface area contributed by atoms with Crippen LogP contribution in [0.1, 0.15) is 43.8 Å². The molecule has 3 heteroatoms. The van der Waals surface area contributed by atoms with E-state index in [-0.39, 0.29) is 11.7 Å². The SMILES string of the molecule is c1cncc(C2CCCC3(CCNCC3)O2)c1. The molecule has 0 amide bonds. The molecule has 2 fully saturated rings. The smallest absolute Gasteiger partial charge is 0.0847 e. The van der Waals surface area contributed by atoms with Crippen molar-refractivity contribution in [1.82, 2.24) is 10.3 Å². The minimum atomic E-state index is 0.143. The molecule has 1 N–H and O–H groups in total. The molecule has 0 aromatic carbocycles. The fourth-order valence-corrected chi connectivity index (χ4v) is 3.08. The van der Waals surface area contributed by atoms with Crippen molar-refractivity contribution >= 4 is 0 Å². The van der Waals surface area contributed by atoms with Crippen molar-refractivity contribution < 1.29 is 4.74 Å². The lowest BCUT2D eigenvalue weighted by Crippen LogP contribution is -2.46. The largest absolute Gasteiger partial charge is 0.367 e. The van der Waals surface area contributed by atoms with Crippen molar-refractivity contribution in [1.29, 1.82) is 0 Å². The molecule has 92 valence electrons. The highest BCUT2D eigenvalue weighted by atomic mass is 16.5. The molecule has 1 aromatic heterocycles. The maximum Gasteiger partial charge on any atom is 0.0847 e. The van der Waals surface area contributed by atoms with Crippen LogP contribution in [-0.2, 0) is 4.74 Å². The van der Waals surface area contributed by atoms with E-state index in [0.717, 1.165) is 32.4 Å². The van der Waals surface area contributed by atoms with Gasteiger partial charge in [-0.1, -0.05) is 6.07 Å². The summed E-state index contributed by atoms with van der Waals surface area (Å²) < 4.78 is 6.42. The van der Waals surface area contributed by atoms with Gasteiger partial charge in [0.1, 0.15) is 0 Å². The second-order valence-corrected chi connectivity index (χ2v) is 5.22. The van der Waals surface area contributed by atoms with Gasteiger partial charge in [-0.3, -0.25) is 4.98 Å². The van der Waals surface area contributed by atoms with Crippen LogP contribution in [0.3, 0.4) is 0 Å². The van der Waals surface area contributed by atoms with Crippen LogP contribution < -0.4 is 5.32 Å². The Morgan fingerprint density at radius 1 is 1.29 bits per heavy atom. The van der Waals surface area contributed by atoms with Gasteiger partial charge in [-0.2, -0.15) is 0 Å². The number of ether oxygens (including phenoxy) is 1. The molecule has 1 unspecified atom stereocenters. The minimum Gasteiger partial charge on any atom is -0.367 e. The standard InChI is InChI=1S/C14H20N2O/c1-4-13(12-3-2-8-16-11-12)17-14(5-1)6-9-15-10-7-14/h2-3,8,11,13,15H,1,4-7,9-10H2. The summed E-state index contributed by atoms with van der Waals surface area (Å²) in [5.41, 5.74) is 1.38. The molecule has 1 atom stereocenters. The number of hydrogen-bond donors (Lipinski definition) is 1.